The molecule has 2 N–H and O–H groups in total. The molecule has 9 heteroatoms. The van der Waals surface area contributed by atoms with Gasteiger partial charge in [0.15, 0.2) is 0 Å². The van der Waals surface area contributed by atoms with Crippen LogP contribution in [0.4, 0.5) is 11.6 Å². The number of rotatable bonds is 11. The van der Waals surface area contributed by atoms with Crippen LogP contribution < -0.4 is 20.1 Å². The number of para-hydroxylation sites is 2. The van der Waals surface area contributed by atoms with Crippen molar-refractivity contribution in [3.8, 4) is 11.5 Å². The van der Waals surface area contributed by atoms with E-state index in [1.807, 2.05) is 62.4 Å². The summed E-state index contributed by atoms with van der Waals surface area (Å²) in [5.41, 5.74) is 5.10. The summed E-state index contributed by atoms with van der Waals surface area (Å²) in [6.45, 7) is 8.98. The number of benzene rings is 3. The Bertz CT molecular complexity index is 1530. The fraction of sp³-hybridized carbons (Fsp3) is 0.281. The molecule has 0 fully saturated rings. The van der Waals surface area contributed by atoms with Crippen molar-refractivity contribution in [3.05, 3.63) is 101 Å². The van der Waals surface area contributed by atoms with E-state index in [4.69, 9.17) is 19.6 Å². The van der Waals surface area contributed by atoms with Crippen LogP contribution in [0.2, 0.25) is 0 Å². The van der Waals surface area contributed by atoms with Gasteiger partial charge in [-0.05, 0) is 62.6 Å². The maximum Gasteiger partial charge on any atom is 0.255 e. The SMILES string of the molecule is CCCSc1nc2n(n1)C(c1ccc(OCc3ccc(C)cc3)cc1)C(C(=O)Nc1ccccc1OCC)=C(C)N2. The lowest BCUT2D eigenvalue weighted by Crippen LogP contribution is -2.31. The molecule has 1 aromatic heterocycles. The third-order valence-electron chi connectivity index (χ3n) is 6.67. The zero-order chi connectivity index (χ0) is 28.8. The number of thioether (sulfide) groups is 1. The number of nitrogens with one attached hydrogen (secondary N) is 2. The molecule has 5 rings (SSSR count). The summed E-state index contributed by atoms with van der Waals surface area (Å²) in [7, 11) is 0. The highest BCUT2D eigenvalue weighted by molar-refractivity contribution is 7.99. The molecular weight excluding hydrogens is 534 g/mol. The number of allylic oxidation sites excluding steroid dienone is 1. The lowest BCUT2D eigenvalue weighted by molar-refractivity contribution is -0.113. The smallest absolute Gasteiger partial charge is 0.255 e. The summed E-state index contributed by atoms with van der Waals surface area (Å²) in [4.78, 5) is 18.6. The summed E-state index contributed by atoms with van der Waals surface area (Å²) in [5.74, 6) is 2.65. The van der Waals surface area contributed by atoms with Gasteiger partial charge in [0.1, 0.15) is 24.1 Å². The highest BCUT2D eigenvalue weighted by atomic mass is 32.2. The molecule has 0 bridgehead atoms. The number of carbonyl (C=O) groups is 1. The van der Waals surface area contributed by atoms with Gasteiger partial charge in [0.25, 0.3) is 5.91 Å². The molecule has 0 aliphatic carbocycles. The van der Waals surface area contributed by atoms with Crippen molar-refractivity contribution >= 4 is 29.3 Å². The first kappa shape index (κ1) is 28.3. The highest BCUT2D eigenvalue weighted by Crippen LogP contribution is 2.38. The van der Waals surface area contributed by atoms with Gasteiger partial charge in [-0.2, -0.15) is 4.98 Å². The van der Waals surface area contributed by atoms with E-state index >= 15 is 0 Å². The Kier molecular flexibility index (Phi) is 8.94. The Morgan fingerprint density at radius 2 is 1.76 bits per heavy atom. The number of anilines is 2. The molecule has 1 amide bonds. The van der Waals surface area contributed by atoms with E-state index in [-0.39, 0.29) is 5.91 Å². The van der Waals surface area contributed by atoms with Crippen molar-refractivity contribution in [3.63, 3.8) is 0 Å². The van der Waals surface area contributed by atoms with E-state index in [9.17, 15) is 4.79 Å². The Morgan fingerprint density at radius 1 is 1.00 bits per heavy atom. The van der Waals surface area contributed by atoms with Crippen LogP contribution in [-0.2, 0) is 11.4 Å². The van der Waals surface area contributed by atoms with Crippen LogP contribution in [0.3, 0.4) is 0 Å². The third-order valence-corrected chi connectivity index (χ3v) is 7.71. The Morgan fingerprint density at radius 3 is 2.49 bits per heavy atom. The average molecular weight is 570 g/mol. The van der Waals surface area contributed by atoms with Crippen molar-refractivity contribution < 1.29 is 14.3 Å². The van der Waals surface area contributed by atoms with E-state index in [2.05, 4.69) is 48.7 Å². The van der Waals surface area contributed by atoms with E-state index in [1.165, 1.54) is 5.56 Å². The number of hydrogen-bond donors (Lipinski definition) is 2. The maximum absolute atomic E-state index is 13.9. The van der Waals surface area contributed by atoms with Crippen LogP contribution in [0.25, 0.3) is 0 Å². The van der Waals surface area contributed by atoms with Crippen LogP contribution in [0, 0.1) is 6.92 Å². The van der Waals surface area contributed by atoms with Crippen LogP contribution >= 0.6 is 11.8 Å². The van der Waals surface area contributed by atoms with E-state index in [0.717, 1.165) is 29.1 Å². The number of ether oxygens (including phenoxy) is 2. The minimum absolute atomic E-state index is 0.240. The standard InChI is InChI=1S/C32H35N5O3S/c1-5-19-41-32-35-31-33-22(4)28(30(38)34-26-9-7-8-10-27(26)39-6-2)29(37(31)36-32)24-15-17-25(18-16-24)40-20-23-13-11-21(3)12-14-23/h7-18,29H,5-6,19-20H2,1-4H3,(H,34,38)(H,33,35,36). The molecular formula is C32H35N5O3S. The first-order chi connectivity index (χ1) is 20.0. The molecule has 2 heterocycles. The van der Waals surface area contributed by atoms with Gasteiger partial charge in [-0.1, -0.05) is 72.8 Å². The summed E-state index contributed by atoms with van der Waals surface area (Å²) in [6, 6.07) is 23.1. The van der Waals surface area contributed by atoms with Gasteiger partial charge in [0.2, 0.25) is 11.1 Å². The molecule has 0 saturated carbocycles. The number of nitrogens with zero attached hydrogens (tertiary/aromatic N) is 3. The molecule has 0 radical (unpaired) electrons. The van der Waals surface area contributed by atoms with Crippen LogP contribution in [0.5, 0.6) is 11.5 Å². The zero-order valence-electron chi connectivity index (χ0n) is 23.8. The van der Waals surface area contributed by atoms with Gasteiger partial charge in [0, 0.05) is 11.4 Å². The number of hydrogen-bond acceptors (Lipinski definition) is 7. The maximum atomic E-state index is 13.9. The van der Waals surface area contributed by atoms with Gasteiger partial charge in [-0.15, -0.1) is 5.10 Å². The van der Waals surface area contributed by atoms with Crippen LogP contribution in [0.15, 0.2) is 89.2 Å². The summed E-state index contributed by atoms with van der Waals surface area (Å²) in [6.07, 6.45) is 1.01. The quantitative estimate of drug-likeness (QED) is 0.188. The normalized spacial score (nSPS) is 14.3. The molecule has 4 aromatic rings. The molecule has 0 spiro atoms. The Balaban J connectivity index is 1.45. The Labute approximate surface area is 245 Å². The molecule has 1 atom stereocenters. The monoisotopic (exact) mass is 569 g/mol. The topological polar surface area (TPSA) is 90.3 Å². The molecule has 3 aromatic carbocycles. The molecule has 1 aliphatic heterocycles. The lowest BCUT2D eigenvalue weighted by Gasteiger charge is -2.29. The van der Waals surface area contributed by atoms with E-state index < -0.39 is 6.04 Å². The fourth-order valence-corrected chi connectivity index (χ4v) is 5.31. The highest BCUT2D eigenvalue weighted by Gasteiger charge is 2.34. The molecule has 212 valence electrons. The average Bonchev–Trinajstić information content (AvgIpc) is 3.38. The number of aromatic nitrogens is 3. The Hall–Kier alpha value is -4.24. The third kappa shape index (κ3) is 6.57. The van der Waals surface area contributed by atoms with Crippen molar-refractivity contribution in [2.75, 3.05) is 23.0 Å². The van der Waals surface area contributed by atoms with E-state index in [0.29, 0.717) is 47.0 Å². The second-order valence-corrected chi connectivity index (χ2v) is 10.9. The van der Waals surface area contributed by atoms with Gasteiger partial charge >= 0.3 is 0 Å². The minimum Gasteiger partial charge on any atom is -0.492 e. The fourth-order valence-electron chi connectivity index (χ4n) is 4.63. The number of amides is 1. The van der Waals surface area contributed by atoms with Crippen LogP contribution in [-0.4, -0.2) is 33.0 Å². The number of carbonyl (C=O) groups excluding carboxylic acids is 1. The molecule has 8 nitrogen and oxygen atoms in total. The van der Waals surface area contributed by atoms with Gasteiger partial charge in [-0.25, -0.2) is 4.68 Å². The second-order valence-electron chi connectivity index (χ2n) is 9.80. The molecule has 0 saturated heterocycles. The van der Waals surface area contributed by atoms with Crippen molar-refractivity contribution in [2.45, 2.75) is 51.9 Å². The zero-order valence-corrected chi connectivity index (χ0v) is 24.6. The molecule has 1 unspecified atom stereocenters. The van der Waals surface area contributed by atoms with Gasteiger partial charge in [0.05, 0.1) is 17.9 Å². The first-order valence-electron chi connectivity index (χ1n) is 13.9. The van der Waals surface area contributed by atoms with Gasteiger partial charge in [-0.3, -0.25) is 4.79 Å². The molecule has 41 heavy (non-hydrogen) atoms. The van der Waals surface area contributed by atoms with Crippen LogP contribution in [0.1, 0.15) is 49.9 Å². The number of fused-ring (bicyclic) bond motifs is 1. The van der Waals surface area contributed by atoms with Gasteiger partial charge < -0.3 is 20.1 Å². The van der Waals surface area contributed by atoms with Crippen molar-refractivity contribution in [2.24, 2.45) is 0 Å². The molecule has 1 aliphatic rings. The lowest BCUT2D eigenvalue weighted by atomic mass is 9.95. The number of aryl methyl sites for hydroxylation is 1. The summed E-state index contributed by atoms with van der Waals surface area (Å²) < 4.78 is 13.6. The summed E-state index contributed by atoms with van der Waals surface area (Å²) in [5, 5.41) is 11.9. The largest absolute Gasteiger partial charge is 0.492 e. The predicted octanol–water partition coefficient (Wildman–Crippen LogP) is 6.99. The van der Waals surface area contributed by atoms with Crippen molar-refractivity contribution in [1.82, 2.24) is 14.8 Å². The predicted molar refractivity (Wildman–Crippen MR) is 164 cm³/mol. The minimum atomic E-state index is -0.486. The second kappa shape index (κ2) is 13.0. The summed E-state index contributed by atoms with van der Waals surface area (Å²) >= 11 is 1.60. The first-order valence-corrected chi connectivity index (χ1v) is 14.8. The van der Waals surface area contributed by atoms with E-state index in [1.54, 1.807) is 16.4 Å². The van der Waals surface area contributed by atoms with Crippen molar-refractivity contribution in [1.29, 1.82) is 0 Å².